The molecule has 0 spiro atoms. The molecule has 0 unspecified atom stereocenters. The zero-order valence-electron chi connectivity index (χ0n) is 6.73. The Morgan fingerprint density at radius 1 is 1.46 bits per heavy atom. The highest BCUT2D eigenvalue weighted by Gasteiger charge is 2.19. The van der Waals surface area contributed by atoms with E-state index in [4.69, 9.17) is 11.6 Å². The first-order valence-corrected chi connectivity index (χ1v) is 4.32. The van der Waals surface area contributed by atoms with Gasteiger partial charge in [-0.1, -0.05) is 11.6 Å². The van der Waals surface area contributed by atoms with Gasteiger partial charge >= 0.3 is 0 Å². The SMILES string of the molecule is O=C1NCCc2c(Cl)cc(F)cc21. The van der Waals surface area contributed by atoms with Gasteiger partial charge in [0.05, 0.1) is 0 Å². The summed E-state index contributed by atoms with van der Waals surface area (Å²) in [6.45, 7) is 0.567. The summed E-state index contributed by atoms with van der Waals surface area (Å²) in [5.74, 6) is -0.719. The molecule has 0 saturated heterocycles. The lowest BCUT2D eigenvalue weighted by Crippen LogP contribution is -2.32. The van der Waals surface area contributed by atoms with E-state index in [1.165, 1.54) is 12.1 Å². The van der Waals surface area contributed by atoms with Gasteiger partial charge in [-0.3, -0.25) is 4.79 Å². The molecule has 0 radical (unpaired) electrons. The fourth-order valence-electron chi connectivity index (χ4n) is 1.46. The molecule has 13 heavy (non-hydrogen) atoms. The summed E-state index contributed by atoms with van der Waals surface area (Å²) in [6.07, 6.45) is 0.667. The van der Waals surface area contributed by atoms with Gasteiger partial charge in [0.15, 0.2) is 0 Å². The van der Waals surface area contributed by atoms with Crippen LogP contribution >= 0.6 is 11.6 Å². The predicted octanol–water partition coefficient (Wildman–Crippen LogP) is 1.76. The molecule has 1 heterocycles. The molecular weight excluding hydrogens is 193 g/mol. The van der Waals surface area contributed by atoms with Crippen molar-refractivity contribution in [2.24, 2.45) is 0 Å². The minimum absolute atomic E-state index is 0.248. The number of fused-ring (bicyclic) bond motifs is 1. The zero-order valence-corrected chi connectivity index (χ0v) is 7.49. The summed E-state index contributed by atoms with van der Waals surface area (Å²) in [6, 6.07) is 2.45. The van der Waals surface area contributed by atoms with E-state index in [1.54, 1.807) is 0 Å². The third-order valence-corrected chi connectivity index (χ3v) is 2.40. The van der Waals surface area contributed by atoms with Gasteiger partial charge in [-0.25, -0.2) is 4.39 Å². The third-order valence-electron chi connectivity index (χ3n) is 2.07. The average molecular weight is 200 g/mol. The Morgan fingerprint density at radius 2 is 2.23 bits per heavy atom. The van der Waals surface area contributed by atoms with Crippen LogP contribution < -0.4 is 5.32 Å². The highest BCUT2D eigenvalue weighted by molar-refractivity contribution is 6.32. The Balaban J connectivity index is 2.63. The molecule has 68 valence electrons. The average Bonchev–Trinajstić information content (AvgIpc) is 2.07. The highest BCUT2D eigenvalue weighted by atomic mass is 35.5. The molecule has 0 aromatic heterocycles. The number of amides is 1. The van der Waals surface area contributed by atoms with E-state index in [0.29, 0.717) is 23.6 Å². The number of benzene rings is 1. The van der Waals surface area contributed by atoms with Crippen LogP contribution in [0.1, 0.15) is 15.9 Å². The van der Waals surface area contributed by atoms with E-state index < -0.39 is 5.82 Å². The molecule has 1 amide bonds. The Kier molecular flexibility index (Phi) is 1.96. The van der Waals surface area contributed by atoms with Crippen LogP contribution in [-0.2, 0) is 6.42 Å². The lowest BCUT2D eigenvalue weighted by molar-refractivity contribution is 0.0945. The zero-order chi connectivity index (χ0) is 9.42. The molecule has 1 aromatic carbocycles. The molecule has 4 heteroatoms. The number of halogens is 2. The lowest BCUT2D eigenvalue weighted by atomic mass is 10.0. The maximum Gasteiger partial charge on any atom is 0.251 e. The number of hydrogen-bond donors (Lipinski definition) is 1. The molecule has 0 fully saturated rings. The van der Waals surface area contributed by atoms with E-state index in [0.717, 1.165) is 5.56 Å². The standard InChI is InChI=1S/C9H7ClFNO/c10-8-4-5(11)3-7-6(8)1-2-12-9(7)13/h3-4H,1-2H2,(H,12,13). The van der Waals surface area contributed by atoms with Crippen molar-refractivity contribution in [2.75, 3.05) is 6.54 Å². The van der Waals surface area contributed by atoms with Crippen molar-refractivity contribution < 1.29 is 9.18 Å². The fourth-order valence-corrected chi connectivity index (χ4v) is 1.76. The van der Waals surface area contributed by atoms with Crippen LogP contribution in [-0.4, -0.2) is 12.5 Å². The Bertz CT molecular complexity index is 378. The van der Waals surface area contributed by atoms with Gasteiger partial charge in [0.1, 0.15) is 5.82 Å². The van der Waals surface area contributed by atoms with E-state index >= 15 is 0 Å². The van der Waals surface area contributed by atoms with Gasteiger partial charge in [0.25, 0.3) is 5.91 Å². The van der Waals surface area contributed by atoms with Crippen LogP contribution in [0.25, 0.3) is 0 Å². The topological polar surface area (TPSA) is 29.1 Å². The Labute approximate surface area is 79.7 Å². The van der Waals surface area contributed by atoms with Crippen LogP contribution in [0.3, 0.4) is 0 Å². The summed E-state index contributed by atoms with van der Waals surface area (Å²) in [5, 5.41) is 2.97. The Hall–Kier alpha value is -1.09. The van der Waals surface area contributed by atoms with E-state index in [1.807, 2.05) is 0 Å². The summed E-state index contributed by atoms with van der Waals surface area (Å²) >= 11 is 5.79. The maximum absolute atomic E-state index is 12.9. The summed E-state index contributed by atoms with van der Waals surface area (Å²) in [4.78, 5) is 11.3. The second-order valence-electron chi connectivity index (χ2n) is 2.92. The van der Waals surface area contributed by atoms with Gasteiger partial charge in [-0.15, -0.1) is 0 Å². The quantitative estimate of drug-likeness (QED) is 0.678. The van der Waals surface area contributed by atoms with Crippen LogP contribution in [0.5, 0.6) is 0 Å². The van der Waals surface area contributed by atoms with Crippen molar-refractivity contribution in [1.82, 2.24) is 5.32 Å². The largest absolute Gasteiger partial charge is 0.352 e. The molecule has 1 aliphatic rings. The summed E-state index contributed by atoms with van der Waals surface area (Å²) in [5.41, 5.74) is 1.10. The molecule has 0 atom stereocenters. The van der Waals surface area contributed by atoms with Crippen LogP contribution in [0.4, 0.5) is 4.39 Å². The van der Waals surface area contributed by atoms with Crippen molar-refractivity contribution in [3.05, 3.63) is 34.1 Å². The molecule has 1 aromatic rings. The minimum atomic E-state index is -0.471. The van der Waals surface area contributed by atoms with E-state index in [9.17, 15) is 9.18 Å². The second kappa shape index (κ2) is 3.00. The van der Waals surface area contributed by atoms with Crippen molar-refractivity contribution >= 4 is 17.5 Å². The van der Waals surface area contributed by atoms with E-state index in [2.05, 4.69) is 5.32 Å². The van der Waals surface area contributed by atoms with Crippen molar-refractivity contribution in [2.45, 2.75) is 6.42 Å². The second-order valence-corrected chi connectivity index (χ2v) is 3.33. The minimum Gasteiger partial charge on any atom is -0.352 e. The number of nitrogens with one attached hydrogen (secondary N) is 1. The molecule has 2 nitrogen and oxygen atoms in total. The van der Waals surface area contributed by atoms with Crippen LogP contribution in [0, 0.1) is 5.82 Å². The molecule has 2 rings (SSSR count). The van der Waals surface area contributed by atoms with Crippen molar-refractivity contribution in [3.8, 4) is 0 Å². The fraction of sp³-hybridized carbons (Fsp3) is 0.222. The predicted molar refractivity (Wildman–Crippen MR) is 47.4 cm³/mol. The van der Waals surface area contributed by atoms with Crippen molar-refractivity contribution in [1.29, 1.82) is 0 Å². The van der Waals surface area contributed by atoms with Gasteiger partial charge in [0.2, 0.25) is 0 Å². The highest BCUT2D eigenvalue weighted by Crippen LogP contribution is 2.24. The van der Waals surface area contributed by atoms with Crippen molar-refractivity contribution in [3.63, 3.8) is 0 Å². The normalized spacial score (nSPS) is 15.1. The summed E-state index contributed by atoms with van der Waals surface area (Å²) in [7, 11) is 0. The molecule has 0 aliphatic carbocycles. The molecule has 1 N–H and O–H groups in total. The van der Waals surface area contributed by atoms with Gasteiger partial charge < -0.3 is 5.32 Å². The number of carbonyl (C=O) groups excluding carboxylic acids is 1. The first kappa shape index (κ1) is 8.51. The number of hydrogen-bond acceptors (Lipinski definition) is 1. The first-order valence-electron chi connectivity index (χ1n) is 3.94. The van der Waals surface area contributed by atoms with Crippen LogP contribution in [0.15, 0.2) is 12.1 Å². The lowest BCUT2D eigenvalue weighted by Gasteiger charge is -2.17. The Morgan fingerprint density at radius 3 is 3.00 bits per heavy atom. The molecular formula is C9H7ClFNO. The third kappa shape index (κ3) is 1.40. The van der Waals surface area contributed by atoms with Gasteiger partial charge in [-0.05, 0) is 24.1 Å². The smallest absolute Gasteiger partial charge is 0.251 e. The maximum atomic E-state index is 12.9. The van der Waals surface area contributed by atoms with Gasteiger partial charge in [0, 0.05) is 17.1 Å². The number of carbonyl (C=O) groups is 1. The van der Waals surface area contributed by atoms with Gasteiger partial charge in [-0.2, -0.15) is 0 Å². The summed E-state index contributed by atoms with van der Waals surface area (Å²) < 4.78 is 12.9. The first-order chi connectivity index (χ1) is 6.18. The van der Waals surface area contributed by atoms with E-state index in [-0.39, 0.29) is 5.91 Å². The molecule has 0 saturated carbocycles. The molecule has 0 bridgehead atoms. The van der Waals surface area contributed by atoms with Crippen LogP contribution in [0.2, 0.25) is 5.02 Å². The monoisotopic (exact) mass is 199 g/mol. The number of rotatable bonds is 0. The molecule has 1 aliphatic heterocycles.